The molecule has 0 spiro atoms. The van der Waals surface area contributed by atoms with Crippen LogP contribution in [0.15, 0.2) is 0 Å². The summed E-state index contributed by atoms with van der Waals surface area (Å²) in [6.07, 6.45) is 2.29. The van der Waals surface area contributed by atoms with Crippen molar-refractivity contribution in [3.63, 3.8) is 0 Å². The fourth-order valence-electron chi connectivity index (χ4n) is 1.73. The van der Waals surface area contributed by atoms with Gasteiger partial charge in [-0.2, -0.15) is 0 Å². The van der Waals surface area contributed by atoms with Crippen molar-refractivity contribution in [2.45, 2.75) is 33.1 Å². The van der Waals surface area contributed by atoms with E-state index in [1.54, 1.807) is 4.90 Å². The third-order valence-corrected chi connectivity index (χ3v) is 3.19. The number of nitrogens with zero attached hydrogens (tertiary/aromatic N) is 1. The quantitative estimate of drug-likeness (QED) is 0.689. The number of likely N-dealkylation sites (tertiary alicyclic amines) is 1. The van der Waals surface area contributed by atoms with Gasteiger partial charge in [-0.15, -0.1) is 0 Å². The Bertz CT molecular complexity index is 346. The average molecular weight is 256 g/mol. The minimum atomic E-state index is -1.46. The molecule has 0 aliphatic carbocycles. The van der Waals surface area contributed by atoms with Crippen LogP contribution >= 0.6 is 0 Å². The Hall–Kier alpha value is -1.59. The Labute approximate surface area is 106 Å². The number of carboxylic acid groups (broad SMARTS) is 1. The van der Waals surface area contributed by atoms with Gasteiger partial charge in [-0.05, 0) is 26.7 Å². The Balaban J connectivity index is 2.31. The van der Waals surface area contributed by atoms with Crippen LogP contribution in [0.25, 0.3) is 0 Å². The smallest absolute Gasteiger partial charge is 0.318 e. The van der Waals surface area contributed by atoms with Crippen LogP contribution in [0.2, 0.25) is 0 Å². The van der Waals surface area contributed by atoms with Gasteiger partial charge in [0.15, 0.2) is 0 Å². The predicted octanol–water partition coefficient (Wildman–Crippen LogP) is 0.226. The van der Waals surface area contributed by atoms with Crippen LogP contribution in [-0.4, -0.2) is 47.4 Å². The number of carbonyl (C=O) groups is 3. The van der Waals surface area contributed by atoms with Gasteiger partial charge in [0, 0.05) is 26.1 Å². The van der Waals surface area contributed by atoms with E-state index in [4.69, 9.17) is 5.11 Å². The van der Waals surface area contributed by atoms with Crippen molar-refractivity contribution in [1.82, 2.24) is 10.2 Å². The molecule has 0 radical (unpaired) electrons. The molecule has 2 N–H and O–H groups in total. The number of nitrogens with one attached hydrogen (secondary N) is 1. The molecule has 1 heterocycles. The molecule has 0 aromatic carbocycles. The summed E-state index contributed by atoms with van der Waals surface area (Å²) >= 11 is 0. The summed E-state index contributed by atoms with van der Waals surface area (Å²) in [6, 6.07) is 0. The lowest BCUT2D eigenvalue weighted by Crippen LogP contribution is -2.43. The number of carboxylic acids is 1. The van der Waals surface area contributed by atoms with Crippen LogP contribution in [0.5, 0.6) is 0 Å². The Morgan fingerprint density at radius 2 is 1.78 bits per heavy atom. The second kappa shape index (κ2) is 5.84. The number of amides is 2. The van der Waals surface area contributed by atoms with E-state index in [9.17, 15) is 14.4 Å². The van der Waals surface area contributed by atoms with E-state index in [0.29, 0.717) is 0 Å². The summed E-state index contributed by atoms with van der Waals surface area (Å²) in [5, 5.41) is 11.3. The highest BCUT2D eigenvalue weighted by Crippen LogP contribution is 2.15. The molecular weight excluding hydrogens is 236 g/mol. The van der Waals surface area contributed by atoms with Gasteiger partial charge in [0.1, 0.15) is 5.41 Å². The van der Waals surface area contributed by atoms with Crippen molar-refractivity contribution in [2.24, 2.45) is 5.41 Å². The maximum Gasteiger partial charge on any atom is 0.318 e. The molecule has 1 rings (SSSR count). The Morgan fingerprint density at radius 3 is 2.28 bits per heavy atom. The Morgan fingerprint density at radius 1 is 1.22 bits per heavy atom. The first kappa shape index (κ1) is 14.5. The molecule has 2 amide bonds. The molecule has 6 heteroatoms. The molecular formula is C12H20N2O4. The highest BCUT2D eigenvalue weighted by molar-refractivity contribution is 6.01. The van der Waals surface area contributed by atoms with E-state index in [-0.39, 0.29) is 18.9 Å². The van der Waals surface area contributed by atoms with Crippen LogP contribution in [0.3, 0.4) is 0 Å². The summed E-state index contributed by atoms with van der Waals surface area (Å²) in [5.41, 5.74) is -1.46. The maximum atomic E-state index is 11.7. The van der Waals surface area contributed by atoms with Crippen molar-refractivity contribution in [3.8, 4) is 0 Å². The molecule has 0 saturated carbocycles. The molecule has 1 aliphatic heterocycles. The summed E-state index contributed by atoms with van der Waals surface area (Å²) in [7, 11) is 0. The van der Waals surface area contributed by atoms with Crippen molar-refractivity contribution in [3.05, 3.63) is 0 Å². The second-order valence-electron chi connectivity index (χ2n) is 5.02. The van der Waals surface area contributed by atoms with Crippen LogP contribution in [0.1, 0.15) is 33.1 Å². The molecule has 1 aliphatic rings. The zero-order valence-electron chi connectivity index (χ0n) is 10.9. The molecule has 18 heavy (non-hydrogen) atoms. The first-order valence-electron chi connectivity index (χ1n) is 6.15. The van der Waals surface area contributed by atoms with Gasteiger partial charge >= 0.3 is 5.97 Å². The van der Waals surface area contributed by atoms with Gasteiger partial charge in [0.05, 0.1) is 0 Å². The van der Waals surface area contributed by atoms with Crippen LogP contribution in [-0.2, 0) is 14.4 Å². The third kappa shape index (κ3) is 3.45. The van der Waals surface area contributed by atoms with Crippen molar-refractivity contribution in [1.29, 1.82) is 0 Å². The normalized spacial score (nSPS) is 15.6. The van der Waals surface area contributed by atoms with Gasteiger partial charge in [0.2, 0.25) is 11.8 Å². The van der Waals surface area contributed by atoms with E-state index < -0.39 is 17.3 Å². The molecule has 6 nitrogen and oxygen atoms in total. The van der Waals surface area contributed by atoms with E-state index >= 15 is 0 Å². The lowest BCUT2D eigenvalue weighted by atomic mass is 9.93. The number of hydrogen-bond acceptors (Lipinski definition) is 3. The maximum absolute atomic E-state index is 11.7. The van der Waals surface area contributed by atoms with Crippen LogP contribution in [0.4, 0.5) is 0 Å². The fraction of sp³-hybridized carbons (Fsp3) is 0.750. The van der Waals surface area contributed by atoms with E-state index in [1.165, 1.54) is 13.8 Å². The Kier molecular flexibility index (Phi) is 4.69. The summed E-state index contributed by atoms with van der Waals surface area (Å²) in [4.78, 5) is 35.9. The topological polar surface area (TPSA) is 86.7 Å². The largest absolute Gasteiger partial charge is 0.480 e. The highest BCUT2D eigenvalue weighted by Gasteiger charge is 2.35. The molecule has 102 valence electrons. The monoisotopic (exact) mass is 256 g/mol. The van der Waals surface area contributed by atoms with Gasteiger partial charge < -0.3 is 15.3 Å². The standard InChI is InChI=1S/C12H20N2O4/c1-12(2,11(17)18)10(16)13-6-5-9(15)14-7-3-4-8-14/h3-8H2,1-2H3,(H,13,16)(H,17,18). The van der Waals surface area contributed by atoms with Gasteiger partial charge in [-0.1, -0.05) is 0 Å². The number of aliphatic carboxylic acids is 1. The first-order chi connectivity index (χ1) is 8.35. The highest BCUT2D eigenvalue weighted by atomic mass is 16.4. The summed E-state index contributed by atoms with van der Waals surface area (Å²) in [6.45, 7) is 4.44. The van der Waals surface area contributed by atoms with Crippen molar-refractivity contribution >= 4 is 17.8 Å². The molecule has 0 aromatic rings. The fourth-order valence-corrected chi connectivity index (χ4v) is 1.73. The van der Waals surface area contributed by atoms with Gasteiger partial charge in [-0.25, -0.2) is 0 Å². The van der Waals surface area contributed by atoms with Crippen molar-refractivity contribution < 1.29 is 19.5 Å². The molecule has 0 aromatic heterocycles. The summed E-state index contributed by atoms with van der Waals surface area (Å²) < 4.78 is 0. The van der Waals surface area contributed by atoms with Crippen molar-refractivity contribution in [2.75, 3.05) is 19.6 Å². The number of hydrogen-bond donors (Lipinski definition) is 2. The molecule has 0 atom stereocenters. The lowest BCUT2D eigenvalue weighted by Gasteiger charge is -2.19. The zero-order valence-corrected chi connectivity index (χ0v) is 10.9. The van der Waals surface area contributed by atoms with Crippen LogP contribution < -0.4 is 5.32 Å². The second-order valence-corrected chi connectivity index (χ2v) is 5.02. The molecule has 0 unspecified atom stereocenters. The van der Waals surface area contributed by atoms with E-state index in [1.807, 2.05) is 0 Å². The van der Waals surface area contributed by atoms with E-state index in [0.717, 1.165) is 25.9 Å². The average Bonchev–Trinajstić information content (AvgIpc) is 2.81. The first-order valence-corrected chi connectivity index (χ1v) is 6.15. The molecule has 1 fully saturated rings. The van der Waals surface area contributed by atoms with E-state index in [2.05, 4.69) is 5.32 Å². The minimum Gasteiger partial charge on any atom is -0.480 e. The zero-order chi connectivity index (χ0) is 13.8. The number of rotatable bonds is 5. The molecule has 0 bridgehead atoms. The SMILES string of the molecule is CC(C)(C(=O)O)C(=O)NCCC(=O)N1CCCC1. The van der Waals surface area contributed by atoms with Crippen LogP contribution in [0, 0.1) is 5.41 Å². The van der Waals surface area contributed by atoms with Gasteiger partial charge in [-0.3, -0.25) is 14.4 Å². The summed E-state index contributed by atoms with van der Waals surface area (Å²) in [5.74, 6) is -1.73. The minimum absolute atomic E-state index is 0.0148. The third-order valence-electron chi connectivity index (χ3n) is 3.19. The number of carbonyl (C=O) groups excluding carboxylic acids is 2. The molecule has 1 saturated heterocycles. The lowest BCUT2D eigenvalue weighted by molar-refractivity contribution is -0.153. The van der Waals surface area contributed by atoms with Gasteiger partial charge in [0.25, 0.3) is 0 Å². The predicted molar refractivity (Wildman–Crippen MR) is 64.9 cm³/mol.